The molecular formula is C8H13FN2. The molecule has 3 heteroatoms. The van der Waals surface area contributed by atoms with Gasteiger partial charge >= 0.3 is 0 Å². The lowest BCUT2D eigenvalue weighted by Gasteiger charge is -2.10. The molecule has 0 spiro atoms. The third kappa shape index (κ3) is 2.16. The average Bonchev–Trinajstić information content (AvgIpc) is 2.15. The first kappa shape index (κ1) is 8.48. The molecule has 0 aromatic heterocycles. The molecule has 0 saturated carbocycles. The van der Waals surface area contributed by atoms with Gasteiger partial charge in [0.2, 0.25) is 0 Å². The van der Waals surface area contributed by atoms with Crippen LogP contribution in [0.15, 0.2) is 0 Å². The molecular weight excluding hydrogens is 143 g/mol. The highest BCUT2D eigenvalue weighted by Crippen LogP contribution is 2.19. The summed E-state index contributed by atoms with van der Waals surface area (Å²) < 4.78 is 13.0. The van der Waals surface area contributed by atoms with E-state index in [2.05, 4.69) is 4.90 Å². The van der Waals surface area contributed by atoms with Crippen LogP contribution >= 0.6 is 0 Å². The van der Waals surface area contributed by atoms with Gasteiger partial charge in [0.15, 0.2) is 0 Å². The molecule has 0 aromatic rings. The number of nitrogens with zero attached hydrogens (tertiary/aromatic N) is 2. The van der Waals surface area contributed by atoms with Gasteiger partial charge in [0.25, 0.3) is 0 Å². The van der Waals surface area contributed by atoms with Gasteiger partial charge in [0, 0.05) is 6.54 Å². The van der Waals surface area contributed by atoms with E-state index in [4.69, 9.17) is 5.26 Å². The van der Waals surface area contributed by atoms with Crippen LogP contribution in [0.3, 0.4) is 0 Å². The van der Waals surface area contributed by atoms with Gasteiger partial charge in [-0.25, -0.2) is 4.39 Å². The normalized spacial score (nSPS) is 34.3. The molecule has 0 aliphatic carbocycles. The Balaban J connectivity index is 2.50. The molecule has 11 heavy (non-hydrogen) atoms. The standard InChI is InChI=1S/C8H13FN2/c1-11-4-2-7(6-10)8(9)3-5-11/h7-8H,2-5H2,1H3/t7-,8-/m1/s1. The number of hydrogen-bond acceptors (Lipinski definition) is 2. The van der Waals surface area contributed by atoms with Gasteiger partial charge in [-0.3, -0.25) is 0 Å². The van der Waals surface area contributed by atoms with E-state index in [-0.39, 0.29) is 5.92 Å². The van der Waals surface area contributed by atoms with Crippen molar-refractivity contribution in [2.45, 2.75) is 19.0 Å². The molecule has 0 amide bonds. The monoisotopic (exact) mass is 156 g/mol. The number of hydrogen-bond donors (Lipinski definition) is 0. The number of halogens is 1. The third-order valence-corrected chi connectivity index (χ3v) is 2.21. The van der Waals surface area contributed by atoms with Crippen molar-refractivity contribution >= 4 is 0 Å². The zero-order valence-corrected chi connectivity index (χ0v) is 6.76. The predicted molar refractivity (Wildman–Crippen MR) is 40.7 cm³/mol. The largest absolute Gasteiger partial charge is 0.306 e. The van der Waals surface area contributed by atoms with Crippen molar-refractivity contribution in [3.05, 3.63) is 0 Å². The number of likely N-dealkylation sites (tertiary alicyclic amines) is 1. The lowest BCUT2D eigenvalue weighted by molar-refractivity contribution is 0.256. The van der Waals surface area contributed by atoms with E-state index in [9.17, 15) is 4.39 Å². The van der Waals surface area contributed by atoms with Gasteiger partial charge in [-0.1, -0.05) is 0 Å². The van der Waals surface area contributed by atoms with Crippen LogP contribution in [-0.2, 0) is 0 Å². The van der Waals surface area contributed by atoms with E-state index < -0.39 is 6.17 Å². The van der Waals surface area contributed by atoms with Crippen LogP contribution in [0.1, 0.15) is 12.8 Å². The Hall–Kier alpha value is -0.620. The molecule has 1 heterocycles. The first-order valence-electron chi connectivity index (χ1n) is 3.96. The second-order valence-corrected chi connectivity index (χ2v) is 3.13. The summed E-state index contributed by atoms with van der Waals surface area (Å²) in [6.07, 6.45) is 0.271. The maximum absolute atomic E-state index is 13.0. The number of alkyl halides is 1. The zero-order chi connectivity index (χ0) is 8.27. The van der Waals surface area contributed by atoms with Gasteiger partial charge in [-0.15, -0.1) is 0 Å². The summed E-state index contributed by atoms with van der Waals surface area (Å²) in [4.78, 5) is 2.07. The fourth-order valence-corrected chi connectivity index (χ4v) is 1.34. The van der Waals surface area contributed by atoms with Gasteiger partial charge in [-0.05, 0) is 26.4 Å². The van der Waals surface area contributed by atoms with Crippen molar-refractivity contribution in [2.24, 2.45) is 5.92 Å². The molecule has 1 fully saturated rings. The molecule has 0 N–H and O–H groups in total. The Morgan fingerprint density at radius 2 is 2.09 bits per heavy atom. The summed E-state index contributed by atoms with van der Waals surface area (Å²) in [6, 6.07) is 2.01. The van der Waals surface area contributed by atoms with Crippen molar-refractivity contribution in [1.29, 1.82) is 5.26 Å². The highest BCUT2D eigenvalue weighted by molar-refractivity contribution is 4.90. The summed E-state index contributed by atoms with van der Waals surface area (Å²) in [6.45, 7) is 1.62. The lowest BCUT2D eigenvalue weighted by Crippen LogP contribution is -2.18. The minimum absolute atomic E-state index is 0.375. The summed E-state index contributed by atoms with van der Waals surface area (Å²) in [5.74, 6) is -0.375. The Labute approximate surface area is 66.6 Å². The van der Waals surface area contributed by atoms with Crippen LogP contribution in [0.2, 0.25) is 0 Å². The minimum Gasteiger partial charge on any atom is -0.306 e. The van der Waals surface area contributed by atoms with Crippen molar-refractivity contribution in [2.75, 3.05) is 20.1 Å². The molecule has 2 nitrogen and oxygen atoms in total. The van der Waals surface area contributed by atoms with Crippen LogP contribution in [0, 0.1) is 17.2 Å². The fraction of sp³-hybridized carbons (Fsp3) is 0.875. The second-order valence-electron chi connectivity index (χ2n) is 3.13. The van der Waals surface area contributed by atoms with Crippen LogP contribution in [0.25, 0.3) is 0 Å². The fourth-order valence-electron chi connectivity index (χ4n) is 1.34. The van der Waals surface area contributed by atoms with E-state index in [1.807, 2.05) is 13.1 Å². The van der Waals surface area contributed by atoms with E-state index in [1.165, 1.54) is 0 Å². The highest BCUT2D eigenvalue weighted by Gasteiger charge is 2.24. The number of nitriles is 1. The van der Waals surface area contributed by atoms with Crippen molar-refractivity contribution in [3.8, 4) is 6.07 Å². The molecule has 0 radical (unpaired) electrons. The lowest BCUT2D eigenvalue weighted by atomic mass is 10.0. The van der Waals surface area contributed by atoms with Crippen molar-refractivity contribution in [1.82, 2.24) is 4.90 Å². The summed E-state index contributed by atoms with van der Waals surface area (Å²) >= 11 is 0. The highest BCUT2D eigenvalue weighted by atomic mass is 19.1. The molecule has 0 aromatic carbocycles. The maximum atomic E-state index is 13.0. The van der Waals surface area contributed by atoms with Crippen LogP contribution in [0.4, 0.5) is 4.39 Å². The Kier molecular flexibility index (Phi) is 2.84. The molecule has 1 aliphatic rings. The number of rotatable bonds is 0. The van der Waals surface area contributed by atoms with Gasteiger partial charge in [0.05, 0.1) is 12.0 Å². The van der Waals surface area contributed by atoms with Crippen LogP contribution in [0.5, 0.6) is 0 Å². The molecule has 2 atom stereocenters. The Bertz CT molecular complexity index is 164. The summed E-state index contributed by atoms with van der Waals surface area (Å²) in [5, 5.41) is 8.56. The first-order valence-corrected chi connectivity index (χ1v) is 3.96. The van der Waals surface area contributed by atoms with E-state index >= 15 is 0 Å². The SMILES string of the molecule is CN1CC[C@@H](F)[C@@H](C#N)CC1. The molecule has 0 unspecified atom stereocenters. The van der Waals surface area contributed by atoms with E-state index in [1.54, 1.807) is 0 Å². The van der Waals surface area contributed by atoms with E-state index in [0.717, 1.165) is 13.1 Å². The average molecular weight is 156 g/mol. The maximum Gasteiger partial charge on any atom is 0.117 e. The van der Waals surface area contributed by atoms with Crippen molar-refractivity contribution < 1.29 is 4.39 Å². The van der Waals surface area contributed by atoms with Gasteiger partial charge < -0.3 is 4.90 Å². The van der Waals surface area contributed by atoms with Crippen LogP contribution < -0.4 is 0 Å². The summed E-state index contributed by atoms with van der Waals surface area (Å²) in [7, 11) is 1.96. The Morgan fingerprint density at radius 1 is 1.45 bits per heavy atom. The first-order chi connectivity index (χ1) is 5.24. The van der Waals surface area contributed by atoms with Crippen molar-refractivity contribution in [3.63, 3.8) is 0 Å². The molecule has 1 saturated heterocycles. The van der Waals surface area contributed by atoms with Gasteiger partial charge in [0.1, 0.15) is 6.17 Å². The summed E-state index contributed by atoms with van der Waals surface area (Å²) in [5.41, 5.74) is 0. The van der Waals surface area contributed by atoms with Crippen LogP contribution in [-0.4, -0.2) is 31.2 Å². The molecule has 1 rings (SSSR count). The second kappa shape index (κ2) is 3.68. The minimum atomic E-state index is -0.912. The molecule has 0 bridgehead atoms. The topological polar surface area (TPSA) is 27.0 Å². The predicted octanol–water partition coefficient (Wildman–Crippen LogP) is 1.19. The smallest absolute Gasteiger partial charge is 0.117 e. The van der Waals surface area contributed by atoms with Gasteiger partial charge in [-0.2, -0.15) is 5.26 Å². The quantitative estimate of drug-likeness (QED) is 0.526. The zero-order valence-electron chi connectivity index (χ0n) is 6.76. The van der Waals surface area contributed by atoms with E-state index in [0.29, 0.717) is 12.8 Å². The molecule has 62 valence electrons. The molecule has 1 aliphatic heterocycles. The third-order valence-electron chi connectivity index (χ3n) is 2.21. The Morgan fingerprint density at radius 3 is 2.73 bits per heavy atom.